The minimum Gasteiger partial charge on any atom is -0.487 e. The van der Waals surface area contributed by atoms with Crippen LogP contribution in [0.4, 0.5) is 10.1 Å². The number of rotatable bonds is 7. The first-order chi connectivity index (χ1) is 11.6. The van der Waals surface area contributed by atoms with Crippen LogP contribution >= 0.6 is 0 Å². The number of carbonyl (C=O) groups is 1. The van der Waals surface area contributed by atoms with Crippen LogP contribution in [-0.4, -0.2) is 12.5 Å². The number of nitrogens with two attached hydrogens (primary N) is 1. The SMILES string of the molecule is CCCNC(=O)/C=C\c1ccc(OCc2ccccc2F)c(N)c1. The molecular formula is C19H21FN2O2. The van der Waals surface area contributed by atoms with Crippen molar-refractivity contribution in [1.82, 2.24) is 5.32 Å². The van der Waals surface area contributed by atoms with Crippen molar-refractivity contribution in [2.24, 2.45) is 0 Å². The van der Waals surface area contributed by atoms with Gasteiger partial charge in [0.05, 0.1) is 5.69 Å². The number of carbonyl (C=O) groups excluding carboxylic acids is 1. The number of nitrogen functional groups attached to an aromatic ring is 1. The molecule has 0 bridgehead atoms. The summed E-state index contributed by atoms with van der Waals surface area (Å²) in [6, 6.07) is 11.6. The molecule has 0 atom stereocenters. The van der Waals surface area contributed by atoms with Gasteiger partial charge in [0.2, 0.25) is 5.91 Å². The van der Waals surface area contributed by atoms with Crippen molar-refractivity contribution < 1.29 is 13.9 Å². The Balaban J connectivity index is 1.98. The Labute approximate surface area is 141 Å². The molecule has 126 valence electrons. The molecule has 0 aliphatic heterocycles. The maximum atomic E-state index is 13.6. The zero-order chi connectivity index (χ0) is 17.4. The molecule has 0 saturated heterocycles. The van der Waals surface area contributed by atoms with Gasteiger partial charge in [-0.05, 0) is 36.3 Å². The molecule has 0 unspecified atom stereocenters. The lowest BCUT2D eigenvalue weighted by atomic mass is 10.1. The fourth-order valence-corrected chi connectivity index (χ4v) is 2.05. The summed E-state index contributed by atoms with van der Waals surface area (Å²) in [5, 5.41) is 2.76. The van der Waals surface area contributed by atoms with Gasteiger partial charge in [-0.3, -0.25) is 4.79 Å². The standard InChI is InChI=1S/C19H21FN2O2/c1-2-11-22-19(23)10-8-14-7-9-18(17(21)12-14)24-13-15-5-3-4-6-16(15)20/h3-10,12H,2,11,13,21H2,1H3,(H,22,23)/b10-8-. The number of anilines is 1. The molecule has 1 amide bonds. The van der Waals surface area contributed by atoms with Crippen LogP contribution in [0.2, 0.25) is 0 Å². The summed E-state index contributed by atoms with van der Waals surface area (Å²) in [5.41, 5.74) is 7.65. The quantitative estimate of drug-likeness (QED) is 0.604. The lowest BCUT2D eigenvalue weighted by molar-refractivity contribution is -0.116. The van der Waals surface area contributed by atoms with Crippen LogP contribution < -0.4 is 15.8 Å². The molecule has 3 N–H and O–H groups in total. The largest absolute Gasteiger partial charge is 0.487 e. The Morgan fingerprint density at radius 3 is 2.79 bits per heavy atom. The number of benzene rings is 2. The maximum absolute atomic E-state index is 13.6. The van der Waals surface area contributed by atoms with E-state index in [1.807, 2.05) is 6.92 Å². The van der Waals surface area contributed by atoms with Crippen LogP contribution in [0.3, 0.4) is 0 Å². The second kappa shape index (κ2) is 8.72. The number of hydrogen-bond donors (Lipinski definition) is 2. The van der Waals surface area contributed by atoms with E-state index in [2.05, 4.69) is 5.32 Å². The van der Waals surface area contributed by atoms with E-state index in [4.69, 9.17) is 10.5 Å². The van der Waals surface area contributed by atoms with Crippen LogP contribution in [0.5, 0.6) is 5.75 Å². The molecule has 0 saturated carbocycles. The van der Waals surface area contributed by atoms with E-state index < -0.39 is 0 Å². The van der Waals surface area contributed by atoms with Crippen molar-refractivity contribution in [1.29, 1.82) is 0 Å². The number of ether oxygens (including phenoxy) is 1. The van der Waals surface area contributed by atoms with Crippen molar-refractivity contribution >= 4 is 17.7 Å². The third-order valence-electron chi connectivity index (χ3n) is 3.35. The molecule has 2 rings (SSSR count). The zero-order valence-electron chi connectivity index (χ0n) is 13.6. The summed E-state index contributed by atoms with van der Waals surface area (Å²) < 4.78 is 19.1. The fourth-order valence-electron chi connectivity index (χ4n) is 2.05. The van der Waals surface area contributed by atoms with Gasteiger partial charge in [0.25, 0.3) is 0 Å². The highest BCUT2D eigenvalue weighted by Crippen LogP contribution is 2.24. The van der Waals surface area contributed by atoms with Crippen LogP contribution in [0.15, 0.2) is 48.5 Å². The fraction of sp³-hybridized carbons (Fsp3) is 0.211. The van der Waals surface area contributed by atoms with Gasteiger partial charge >= 0.3 is 0 Å². The van der Waals surface area contributed by atoms with E-state index in [9.17, 15) is 9.18 Å². The predicted molar refractivity (Wildman–Crippen MR) is 93.9 cm³/mol. The molecule has 4 nitrogen and oxygen atoms in total. The monoisotopic (exact) mass is 328 g/mol. The van der Waals surface area contributed by atoms with Gasteiger partial charge < -0.3 is 15.8 Å². The molecule has 0 radical (unpaired) electrons. The molecule has 24 heavy (non-hydrogen) atoms. The van der Waals surface area contributed by atoms with Crippen molar-refractivity contribution in [3.63, 3.8) is 0 Å². The first kappa shape index (κ1) is 17.5. The molecule has 0 aromatic heterocycles. The smallest absolute Gasteiger partial charge is 0.243 e. The van der Waals surface area contributed by atoms with E-state index in [-0.39, 0.29) is 18.3 Å². The Bertz CT molecular complexity index is 729. The second-order valence-electron chi connectivity index (χ2n) is 5.30. The van der Waals surface area contributed by atoms with E-state index in [0.29, 0.717) is 23.5 Å². The molecule has 0 heterocycles. The molecule has 2 aromatic carbocycles. The van der Waals surface area contributed by atoms with E-state index >= 15 is 0 Å². The molecule has 0 fully saturated rings. The first-order valence-corrected chi connectivity index (χ1v) is 7.81. The summed E-state index contributed by atoms with van der Waals surface area (Å²) in [7, 11) is 0. The number of halogens is 1. The topological polar surface area (TPSA) is 64.3 Å². The van der Waals surface area contributed by atoms with E-state index in [1.54, 1.807) is 42.5 Å². The minimum absolute atomic E-state index is 0.103. The minimum atomic E-state index is -0.311. The van der Waals surface area contributed by atoms with Crippen molar-refractivity contribution in [3.8, 4) is 5.75 Å². The highest BCUT2D eigenvalue weighted by molar-refractivity contribution is 5.91. The van der Waals surface area contributed by atoms with Crippen LogP contribution in [0, 0.1) is 5.82 Å². The van der Waals surface area contributed by atoms with E-state index in [0.717, 1.165) is 12.0 Å². The lowest BCUT2D eigenvalue weighted by Crippen LogP contribution is -2.21. The maximum Gasteiger partial charge on any atom is 0.243 e. The highest BCUT2D eigenvalue weighted by atomic mass is 19.1. The number of nitrogens with one attached hydrogen (secondary N) is 1. The highest BCUT2D eigenvalue weighted by Gasteiger charge is 2.05. The average molecular weight is 328 g/mol. The molecule has 2 aromatic rings. The molecule has 0 spiro atoms. The average Bonchev–Trinajstić information content (AvgIpc) is 2.58. The summed E-state index contributed by atoms with van der Waals surface area (Å²) in [6.45, 7) is 2.74. The van der Waals surface area contributed by atoms with Gasteiger partial charge in [0.1, 0.15) is 18.2 Å². The van der Waals surface area contributed by atoms with Gasteiger partial charge in [-0.1, -0.05) is 31.2 Å². The summed E-state index contributed by atoms with van der Waals surface area (Å²) in [4.78, 5) is 11.5. The number of hydrogen-bond acceptors (Lipinski definition) is 3. The van der Waals surface area contributed by atoms with Crippen molar-refractivity contribution in [3.05, 3.63) is 65.5 Å². The van der Waals surface area contributed by atoms with Gasteiger partial charge in [0.15, 0.2) is 0 Å². The van der Waals surface area contributed by atoms with Gasteiger partial charge in [0, 0.05) is 18.2 Å². The Morgan fingerprint density at radius 2 is 2.08 bits per heavy atom. The molecule has 5 heteroatoms. The van der Waals surface area contributed by atoms with Gasteiger partial charge in [-0.25, -0.2) is 4.39 Å². The second-order valence-corrected chi connectivity index (χ2v) is 5.30. The Kier molecular flexibility index (Phi) is 6.37. The third kappa shape index (κ3) is 5.12. The van der Waals surface area contributed by atoms with Crippen molar-refractivity contribution in [2.45, 2.75) is 20.0 Å². The lowest BCUT2D eigenvalue weighted by Gasteiger charge is -2.10. The molecular weight excluding hydrogens is 307 g/mol. The number of amides is 1. The summed E-state index contributed by atoms with van der Waals surface area (Å²) in [6.07, 6.45) is 4.03. The van der Waals surface area contributed by atoms with Gasteiger partial charge in [-0.2, -0.15) is 0 Å². The normalized spacial score (nSPS) is 10.8. The Hall–Kier alpha value is -2.82. The summed E-state index contributed by atoms with van der Waals surface area (Å²) >= 11 is 0. The summed E-state index contributed by atoms with van der Waals surface area (Å²) in [5.74, 6) is 0.0230. The van der Waals surface area contributed by atoms with E-state index in [1.165, 1.54) is 12.1 Å². The third-order valence-corrected chi connectivity index (χ3v) is 3.35. The van der Waals surface area contributed by atoms with Crippen LogP contribution in [0.25, 0.3) is 6.08 Å². The van der Waals surface area contributed by atoms with Crippen LogP contribution in [-0.2, 0) is 11.4 Å². The van der Waals surface area contributed by atoms with Gasteiger partial charge in [-0.15, -0.1) is 0 Å². The predicted octanol–water partition coefficient (Wildman–Crippen LogP) is 3.53. The first-order valence-electron chi connectivity index (χ1n) is 7.81. The van der Waals surface area contributed by atoms with Crippen LogP contribution in [0.1, 0.15) is 24.5 Å². The Morgan fingerprint density at radius 1 is 1.29 bits per heavy atom. The van der Waals surface area contributed by atoms with Crippen molar-refractivity contribution in [2.75, 3.05) is 12.3 Å². The molecule has 0 aliphatic rings. The molecule has 0 aliphatic carbocycles. The zero-order valence-corrected chi connectivity index (χ0v) is 13.6.